The SMILES string of the molecule is C=CCCNCc1cc(C)nc(OC)c1CNC(=O)c1cccc(NC2CCOC(CC)C2)c1CC=C. The number of carbonyl (C=O) groups is 1. The molecule has 0 spiro atoms. The van der Waals surface area contributed by atoms with Gasteiger partial charge in [0, 0.05) is 48.2 Å². The van der Waals surface area contributed by atoms with Crippen molar-refractivity contribution in [1.82, 2.24) is 15.6 Å². The summed E-state index contributed by atoms with van der Waals surface area (Å²) in [7, 11) is 1.61. The summed E-state index contributed by atoms with van der Waals surface area (Å²) in [6.07, 6.45) is 8.41. The molecule has 200 valence electrons. The molecule has 7 heteroatoms. The first-order valence-electron chi connectivity index (χ1n) is 13.2. The van der Waals surface area contributed by atoms with Gasteiger partial charge in [0.1, 0.15) is 0 Å². The highest BCUT2D eigenvalue weighted by Gasteiger charge is 2.23. The molecule has 0 aliphatic carbocycles. The third-order valence-corrected chi connectivity index (χ3v) is 6.72. The van der Waals surface area contributed by atoms with Gasteiger partial charge in [-0.1, -0.05) is 25.1 Å². The summed E-state index contributed by atoms with van der Waals surface area (Å²) >= 11 is 0. The van der Waals surface area contributed by atoms with E-state index in [9.17, 15) is 4.79 Å². The van der Waals surface area contributed by atoms with Crippen molar-refractivity contribution in [1.29, 1.82) is 0 Å². The number of aryl methyl sites for hydroxylation is 1. The number of nitrogens with one attached hydrogen (secondary N) is 3. The van der Waals surface area contributed by atoms with Gasteiger partial charge in [0.15, 0.2) is 0 Å². The molecule has 1 aromatic heterocycles. The fourth-order valence-corrected chi connectivity index (χ4v) is 4.76. The van der Waals surface area contributed by atoms with Gasteiger partial charge in [0.25, 0.3) is 5.91 Å². The Kier molecular flexibility index (Phi) is 11.2. The highest BCUT2D eigenvalue weighted by molar-refractivity contribution is 5.97. The summed E-state index contributed by atoms with van der Waals surface area (Å²) < 4.78 is 11.4. The largest absolute Gasteiger partial charge is 0.481 e. The van der Waals surface area contributed by atoms with Crippen LogP contribution in [0.15, 0.2) is 49.6 Å². The normalized spacial score (nSPS) is 17.2. The van der Waals surface area contributed by atoms with Gasteiger partial charge in [-0.15, -0.1) is 13.2 Å². The number of anilines is 1. The maximum Gasteiger partial charge on any atom is 0.251 e. The third kappa shape index (κ3) is 7.91. The number of aromatic nitrogens is 1. The molecule has 3 N–H and O–H groups in total. The summed E-state index contributed by atoms with van der Waals surface area (Å²) in [4.78, 5) is 18.0. The Bertz CT molecular complexity index is 1070. The van der Waals surface area contributed by atoms with Gasteiger partial charge < -0.3 is 25.4 Å². The van der Waals surface area contributed by atoms with Gasteiger partial charge in [-0.05, 0) is 74.9 Å². The van der Waals surface area contributed by atoms with Crippen LogP contribution < -0.4 is 20.7 Å². The average Bonchev–Trinajstić information content (AvgIpc) is 2.91. The van der Waals surface area contributed by atoms with Crippen LogP contribution in [0.5, 0.6) is 5.88 Å². The average molecular weight is 507 g/mol. The molecule has 2 unspecified atom stereocenters. The molecule has 37 heavy (non-hydrogen) atoms. The minimum atomic E-state index is -0.132. The Labute approximate surface area is 221 Å². The lowest BCUT2D eigenvalue weighted by molar-refractivity contribution is 0.00924. The summed E-state index contributed by atoms with van der Waals surface area (Å²) in [5, 5.41) is 10.2. The Balaban J connectivity index is 1.79. The molecule has 2 aromatic rings. The molecular weight excluding hydrogens is 464 g/mol. The summed E-state index contributed by atoms with van der Waals surface area (Å²) in [5.41, 5.74) is 5.39. The van der Waals surface area contributed by atoms with E-state index in [0.717, 1.165) is 66.9 Å². The summed E-state index contributed by atoms with van der Waals surface area (Å²) in [6, 6.07) is 8.21. The van der Waals surface area contributed by atoms with Gasteiger partial charge in [0.05, 0.1) is 13.2 Å². The van der Waals surface area contributed by atoms with Gasteiger partial charge in [-0.2, -0.15) is 0 Å². The van der Waals surface area contributed by atoms with E-state index < -0.39 is 0 Å². The number of rotatable bonds is 14. The number of benzene rings is 1. The maximum absolute atomic E-state index is 13.5. The molecule has 7 nitrogen and oxygen atoms in total. The van der Waals surface area contributed by atoms with Crippen molar-refractivity contribution in [2.75, 3.05) is 25.6 Å². The lowest BCUT2D eigenvalue weighted by atomic mass is 9.97. The highest BCUT2D eigenvalue weighted by atomic mass is 16.5. The zero-order valence-corrected chi connectivity index (χ0v) is 22.6. The Morgan fingerprint density at radius 3 is 2.81 bits per heavy atom. The number of pyridine rings is 1. The first-order valence-corrected chi connectivity index (χ1v) is 13.2. The lowest BCUT2D eigenvalue weighted by Crippen LogP contribution is -2.34. The number of methoxy groups -OCH3 is 1. The number of hydrogen-bond acceptors (Lipinski definition) is 6. The van der Waals surface area contributed by atoms with E-state index in [0.29, 0.717) is 37.0 Å². The van der Waals surface area contributed by atoms with Crippen LogP contribution in [0, 0.1) is 6.92 Å². The van der Waals surface area contributed by atoms with Gasteiger partial charge >= 0.3 is 0 Å². The van der Waals surface area contributed by atoms with E-state index in [1.807, 2.05) is 43.3 Å². The second kappa shape index (κ2) is 14.5. The standard InChI is InChI=1S/C30H42N4O3/c1-6-9-15-31-19-22-17-21(4)33-30(36-5)27(22)20-32-29(35)26-12-10-13-28(25(26)11-7-2)34-23-14-16-37-24(8-3)18-23/h6-7,10,12-13,17,23-24,31,34H,1-2,8-9,11,14-16,18-20H2,3-5H3,(H,32,35). The van der Waals surface area contributed by atoms with Crippen LogP contribution in [0.1, 0.15) is 65.3 Å². The number of amides is 1. The van der Waals surface area contributed by atoms with Crippen molar-refractivity contribution in [2.24, 2.45) is 0 Å². The zero-order valence-electron chi connectivity index (χ0n) is 22.6. The van der Waals surface area contributed by atoms with E-state index in [1.54, 1.807) is 7.11 Å². The molecule has 1 aliphatic heterocycles. The van der Waals surface area contributed by atoms with Crippen LogP contribution >= 0.6 is 0 Å². The molecule has 0 radical (unpaired) electrons. The highest BCUT2D eigenvalue weighted by Crippen LogP contribution is 2.27. The minimum absolute atomic E-state index is 0.132. The van der Waals surface area contributed by atoms with Crippen LogP contribution in [0.3, 0.4) is 0 Å². The molecule has 1 aliphatic rings. The molecule has 0 bridgehead atoms. The van der Waals surface area contributed by atoms with E-state index in [1.165, 1.54) is 0 Å². The van der Waals surface area contributed by atoms with Crippen LogP contribution in [0.25, 0.3) is 0 Å². The van der Waals surface area contributed by atoms with Crippen LogP contribution in [0.2, 0.25) is 0 Å². The number of ether oxygens (including phenoxy) is 2. The van der Waals surface area contributed by atoms with E-state index in [2.05, 4.69) is 41.0 Å². The maximum atomic E-state index is 13.5. The number of carbonyl (C=O) groups excluding carboxylic acids is 1. The smallest absolute Gasteiger partial charge is 0.251 e. The van der Waals surface area contributed by atoms with E-state index >= 15 is 0 Å². The molecule has 0 saturated carbocycles. The lowest BCUT2D eigenvalue weighted by Gasteiger charge is -2.31. The van der Waals surface area contributed by atoms with E-state index in [4.69, 9.17) is 9.47 Å². The molecule has 2 atom stereocenters. The molecule has 3 rings (SSSR count). The Morgan fingerprint density at radius 1 is 1.24 bits per heavy atom. The predicted molar refractivity (Wildman–Crippen MR) is 150 cm³/mol. The summed E-state index contributed by atoms with van der Waals surface area (Å²) in [5.74, 6) is 0.402. The molecule has 1 aromatic carbocycles. The van der Waals surface area contributed by atoms with Crippen LogP contribution in [0.4, 0.5) is 5.69 Å². The molecular formula is C30H42N4O3. The fourth-order valence-electron chi connectivity index (χ4n) is 4.76. The second-order valence-electron chi connectivity index (χ2n) is 9.44. The van der Waals surface area contributed by atoms with Gasteiger partial charge in [-0.3, -0.25) is 4.79 Å². The Hall–Kier alpha value is -3.16. The topological polar surface area (TPSA) is 84.5 Å². The number of allylic oxidation sites excluding steroid dienone is 1. The number of hydrogen-bond donors (Lipinski definition) is 3. The molecule has 1 fully saturated rings. The van der Waals surface area contributed by atoms with Crippen molar-refractivity contribution in [3.05, 3.63) is 77.5 Å². The predicted octanol–water partition coefficient (Wildman–Crippen LogP) is 5.09. The first-order chi connectivity index (χ1) is 18.0. The van der Waals surface area contributed by atoms with Crippen molar-refractivity contribution in [3.63, 3.8) is 0 Å². The van der Waals surface area contributed by atoms with Crippen molar-refractivity contribution >= 4 is 11.6 Å². The monoisotopic (exact) mass is 506 g/mol. The van der Waals surface area contributed by atoms with Crippen molar-refractivity contribution in [2.45, 2.75) is 71.2 Å². The quantitative estimate of drug-likeness (QED) is 0.244. The molecule has 1 saturated heterocycles. The zero-order chi connectivity index (χ0) is 26.6. The Morgan fingerprint density at radius 2 is 2.08 bits per heavy atom. The minimum Gasteiger partial charge on any atom is -0.481 e. The van der Waals surface area contributed by atoms with Gasteiger partial charge in [0.2, 0.25) is 5.88 Å². The molecule has 2 heterocycles. The fraction of sp³-hybridized carbons (Fsp3) is 0.467. The van der Waals surface area contributed by atoms with Gasteiger partial charge in [-0.25, -0.2) is 4.98 Å². The van der Waals surface area contributed by atoms with Crippen molar-refractivity contribution < 1.29 is 14.3 Å². The third-order valence-electron chi connectivity index (χ3n) is 6.72. The summed E-state index contributed by atoms with van der Waals surface area (Å²) in [6.45, 7) is 14.4. The van der Waals surface area contributed by atoms with E-state index in [-0.39, 0.29) is 12.0 Å². The first kappa shape index (κ1) is 28.4. The van der Waals surface area contributed by atoms with Crippen LogP contribution in [-0.2, 0) is 24.2 Å². The second-order valence-corrected chi connectivity index (χ2v) is 9.44. The number of nitrogens with zero attached hydrogens (tertiary/aromatic N) is 1. The molecule has 1 amide bonds. The van der Waals surface area contributed by atoms with Crippen molar-refractivity contribution in [3.8, 4) is 5.88 Å². The van der Waals surface area contributed by atoms with Crippen LogP contribution in [-0.4, -0.2) is 43.3 Å².